The van der Waals surface area contributed by atoms with Gasteiger partial charge in [0.15, 0.2) is 0 Å². The molecule has 3 heterocycles. The molecular weight excluding hydrogens is 386 g/mol. The van der Waals surface area contributed by atoms with Gasteiger partial charge < -0.3 is 9.14 Å². The van der Waals surface area contributed by atoms with Crippen molar-refractivity contribution in [3.63, 3.8) is 0 Å². The van der Waals surface area contributed by atoms with Crippen molar-refractivity contribution in [3.8, 4) is 5.75 Å². The van der Waals surface area contributed by atoms with Crippen molar-refractivity contribution in [2.45, 2.75) is 26.9 Å². The van der Waals surface area contributed by atoms with E-state index in [4.69, 9.17) is 4.74 Å². The number of carbonyl (C=O) groups is 1. The summed E-state index contributed by atoms with van der Waals surface area (Å²) in [6, 6.07) is 12.9. The number of carbonyl (C=O) groups excluding carboxylic acids is 1. The van der Waals surface area contributed by atoms with Crippen molar-refractivity contribution in [2.24, 2.45) is 5.92 Å². The van der Waals surface area contributed by atoms with Gasteiger partial charge in [0.1, 0.15) is 23.0 Å². The second kappa shape index (κ2) is 8.40. The molecule has 0 saturated heterocycles. The zero-order valence-electron chi connectivity index (χ0n) is 16.2. The predicted octanol–water partition coefficient (Wildman–Crippen LogP) is 4.22. The second-order valence-corrected chi connectivity index (χ2v) is 8.13. The molecule has 1 aromatic carbocycles. The molecule has 0 spiro atoms. The maximum Gasteiger partial charge on any atom is 0.257 e. The summed E-state index contributed by atoms with van der Waals surface area (Å²) < 4.78 is 7.77. The van der Waals surface area contributed by atoms with E-state index < -0.39 is 0 Å². The molecule has 0 aliphatic rings. The summed E-state index contributed by atoms with van der Waals surface area (Å²) in [6.07, 6.45) is 4.72. The molecule has 0 aliphatic heterocycles. The molecule has 0 unspecified atom stereocenters. The Morgan fingerprint density at radius 1 is 1.21 bits per heavy atom. The number of fused-ring (bicyclic) bond motifs is 1. The molecule has 3 aromatic heterocycles. The fraction of sp³-hybridized carbons (Fsp3) is 0.238. The summed E-state index contributed by atoms with van der Waals surface area (Å²) in [5, 5.41) is 12.4. The predicted molar refractivity (Wildman–Crippen MR) is 112 cm³/mol. The number of rotatable bonds is 7. The van der Waals surface area contributed by atoms with Crippen LogP contribution in [0.25, 0.3) is 5.65 Å². The normalized spacial score (nSPS) is 11.1. The lowest BCUT2D eigenvalue weighted by Crippen LogP contribution is -2.11. The van der Waals surface area contributed by atoms with Crippen LogP contribution in [0, 0.1) is 5.92 Å². The summed E-state index contributed by atoms with van der Waals surface area (Å²) in [7, 11) is 0. The van der Waals surface area contributed by atoms with Gasteiger partial charge in [-0.15, -0.1) is 10.2 Å². The molecule has 0 saturated carbocycles. The van der Waals surface area contributed by atoms with Crippen molar-refractivity contribution in [3.05, 3.63) is 71.1 Å². The number of aromatic nitrogens is 4. The third-order valence-electron chi connectivity index (χ3n) is 4.17. The second-order valence-electron chi connectivity index (χ2n) is 7.07. The molecule has 4 aromatic rings. The van der Waals surface area contributed by atoms with Crippen LogP contribution in [0.4, 0.5) is 5.13 Å². The first-order valence-corrected chi connectivity index (χ1v) is 10.2. The van der Waals surface area contributed by atoms with Gasteiger partial charge in [-0.3, -0.25) is 10.1 Å². The Kier molecular flexibility index (Phi) is 5.53. The highest BCUT2D eigenvalue weighted by molar-refractivity contribution is 7.15. The molecule has 0 atom stereocenters. The van der Waals surface area contributed by atoms with Gasteiger partial charge in [0.05, 0.1) is 5.69 Å². The van der Waals surface area contributed by atoms with Crippen molar-refractivity contribution < 1.29 is 9.53 Å². The minimum atomic E-state index is -0.240. The number of ether oxygens (including phenoxy) is 1. The fourth-order valence-corrected chi connectivity index (χ4v) is 3.79. The van der Waals surface area contributed by atoms with Gasteiger partial charge in [0.2, 0.25) is 5.13 Å². The summed E-state index contributed by atoms with van der Waals surface area (Å²) in [5.74, 6) is 0.858. The van der Waals surface area contributed by atoms with Crippen LogP contribution in [0.5, 0.6) is 5.75 Å². The third kappa shape index (κ3) is 4.78. The van der Waals surface area contributed by atoms with Crippen LogP contribution in [-0.2, 0) is 13.0 Å². The fourth-order valence-electron chi connectivity index (χ4n) is 2.85. The Hall–Kier alpha value is -3.26. The maximum absolute atomic E-state index is 12.5. The molecule has 4 rings (SSSR count). The van der Waals surface area contributed by atoms with Crippen molar-refractivity contribution in [2.75, 3.05) is 5.32 Å². The van der Waals surface area contributed by atoms with Crippen molar-refractivity contribution >= 4 is 28.0 Å². The number of amides is 1. The average Bonchev–Trinajstić information content (AvgIpc) is 3.32. The standard InChI is InChI=1S/C21H21N5O2S/c1-14(2)10-19-24-25-21(29-19)23-20(27)15-6-5-7-17(11-15)28-13-16-12-26-9-4-3-8-18(26)22-16/h3-9,11-12,14H,10,13H2,1-2H3,(H,23,25,27). The van der Waals surface area contributed by atoms with Crippen molar-refractivity contribution in [1.82, 2.24) is 19.6 Å². The first-order valence-electron chi connectivity index (χ1n) is 9.36. The molecule has 29 heavy (non-hydrogen) atoms. The Labute approximate surface area is 172 Å². The summed E-state index contributed by atoms with van der Waals surface area (Å²) in [5.41, 5.74) is 2.18. The lowest BCUT2D eigenvalue weighted by molar-refractivity contribution is 0.102. The first-order chi connectivity index (χ1) is 14.1. The lowest BCUT2D eigenvalue weighted by Gasteiger charge is -2.06. The van der Waals surface area contributed by atoms with Crippen LogP contribution in [0.15, 0.2) is 54.9 Å². The van der Waals surface area contributed by atoms with E-state index in [9.17, 15) is 4.79 Å². The number of nitrogens with one attached hydrogen (secondary N) is 1. The van der Waals surface area contributed by atoms with Crippen LogP contribution < -0.4 is 10.1 Å². The van der Waals surface area contributed by atoms with Crippen LogP contribution in [0.2, 0.25) is 0 Å². The minimum Gasteiger partial charge on any atom is -0.487 e. The van der Waals surface area contributed by atoms with Gasteiger partial charge in [0.25, 0.3) is 5.91 Å². The summed E-state index contributed by atoms with van der Waals surface area (Å²) in [4.78, 5) is 17.1. The smallest absolute Gasteiger partial charge is 0.257 e. The molecule has 8 heteroatoms. The highest BCUT2D eigenvalue weighted by Gasteiger charge is 2.12. The Bertz CT molecular complexity index is 1100. The van der Waals surface area contributed by atoms with E-state index in [0.717, 1.165) is 22.8 Å². The molecular formula is C21H21N5O2S. The van der Waals surface area contributed by atoms with Gasteiger partial charge in [-0.1, -0.05) is 37.3 Å². The molecule has 0 radical (unpaired) electrons. The first kappa shape index (κ1) is 19.1. The van der Waals surface area contributed by atoms with E-state index >= 15 is 0 Å². The average molecular weight is 407 g/mol. The van der Waals surface area contributed by atoms with E-state index in [0.29, 0.717) is 29.0 Å². The van der Waals surface area contributed by atoms with Crippen molar-refractivity contribution in [1.29, 1.82) is 0 Å². The maximum atomic E-state index is 12.5. The number of benzene rings is 1. The van der Waals surface area contributed by atoms with E-state index in [2.05, 4.69) is 34.3 Å². The van der Waals surface area contributed by atoms with E-state index in [-0.39, 0.29) is 5.91 Å². The summed E-state index contributed by atoms with van der Waals surface area (Å²) >= 11 is 1.40. The highest BCUT2D eigenvalue weighted by Crippen LogP contribution is 2.20. The van der Waals surface area contributed by atoms with Crippen LogP contribution in [0.3, 0.4) is 0 Å². The monoisotopic (exact) mass is 407 g/mol. The minimum absolute atomic E-state index is 0.240. The molecule has 1 N–H and O–H groups in total. The molecule has 1 amide bonds. The number of imidazole rings is 1. The van der Waals surface area contributed by atoms with Crippen LogP contribution in [-0.4, -0.2) is 25.5 Å². The number of hydrogen-bond donors (Lipinski definition) is 1. The zero-order chi connectivity index (χ0) is 20.2. The number of pyridine rings is 1. The van der Waals surface area contributed by atoms with Gasteiger partial charge >= 0.3 is 0 Å². The van der Waals surface area contributed by atoms with E-state index in [1.54, 1.807) is 18.2 Å². The lowest BCUT2D eigenvalue weighted by atomic mass is 10.1. The van der Waals surface area contributed by atoms with Gasteiger partial charge in [-0.2, -0.15) is 0 Å². The number of nitrogens with zero attached hydrogens (tertiary/aromatic N) is 4. The molecule has 0 fully saturated rings. The Morgan fingerprint density at radius 3 is 2.93 bits per heavy atom. The zero-order valence-corrected chi connectivity index (χ0v) is 17.0. The SMILES string of the molecule is CC(C)Cc1nnc(NC(=O)c2cccc(OCc3cn4ccccc4n3)c2)s1. The number of hydrogen-bond acceptors (Lipinski definition) is 6. The Morgan fingerprint density at radius 2 is 2.10 bits per heavy atom. The third-order valence-corrected chi connectivity index (χ3v) is 5.03. The highest BCUT2D eigenvalue weighted by atomic mass is 32.1. The Balaban J connectivity index is 1.39. The molecule has 0 aliphatic carbocycles. The van der Waals surface area contributed by atoms with E-state index in [1.165, 1.54) is 11.3 Å². The quantitative estimate of drug-likeness (QED) is 0.496. The topological polar surface area (TPSA) is 81.4 Å². The van der Waals surface area contributed by atoms with Crippen LogP contribution in [0.1, 0.15) is 34.9 Å². The molecule has 148 valence electrons. The van der Waals surface area contributed by atoms with E-state index in [1.807, 2.05) is 41.1 Å². The summed E-state index contributed by atoms with van der Waals surface area (Å²) in [6.45, 7) is 4.57. The van der Waals surface area contributed by atoms with Gasteiger partial charge in [-0.25, -0.2) is 4.98 Å². The molecule has 0 bridgehead atoms. The van der Waals surface area contributed by atoms with Crippen LogP contribution >= 0.6 is 11.3 Å². The molecule has 7 nitrogen and oxygen atoms in total. The number of anilines is 1. The van der Waals surface area contributed by atoms with Gasteiger partial charge in [0, 0.05) is 24.4 Å². The largest absolute Gasteiger partial charge is 0.487 e. The van der Waals surface area contributed by atoms with Gasteiger partial charge in [-0.05, 0) is 36.2 Å².